The molecule has 19 heteroatoms. The van der Waals surface area contributed by atoms with Crippen molar-refractivity contribution in [1.82, 2.24) is 34.5 Å². The number of nitrogens with zero attached hydrogens (tertiary/aromatic N) is 7. The fourth-order valence-electron chi connectivity index (χ4n) is 4.04. The number of rotatable bonds is 13. The second-order valence-electron chi connectivity index (χ2n) is 10.1. The zero-order valence-electron chi connectivity index (χ0n) is 23.2. The molecule has 1 saturated heterocycles. The first kappa shape index (κ1) is 31.5. The van der Waals surface area contributed by atoms with Crippen molar-refractivity contribution in [3.05, 3.63) is 58.9 Å². The number of benzene rings is 1. The number of nitrogens with two attached hydrogens (primary N) is 1. The molecule has 1 fully saturated rings. The Morgan fingerprint density at radius 2 is 1.95 bits per heavy atom. The second-order valence-corrected chi connectivity index (χ2v) is 12.3. The quantitative estimate of drug-likeness (QED) is 0.0820. The van der Waals surface area contributed by atoms with Gasteiger partial charge in [-0.3, -0.25) is 19.0 Å². The molecule has 2 unspecified atom stereocenters. The summed E-state index contributed by atoms with van der Waals surface area (Å²) in [4.78, 5) is 49.6. The molecule has 1 aliphatic rings. The maximum atomic E-state index is 13.2. The van der Waals surface area contributed by atoms with Crippen molar-refractivity contribution in [3.8, 4) is 0 Å². The van der Waals surface area contributed by atoms with Crippen LogP contribution in [-0.4, -0.2) is 95.5 Å². The van der Waals surface area contributed by atoms with Crippen molar-refractivity contribution in [2.24, 2.45) is 5.16 Å². The number of hydrogen-bond donors (Lipinski definition) is 4. The van der Waals surface area contributed by atoms with Gasteiger partial charge in [0.2, 0.25) is 5.60 Å². The summed E-state index contributed by atoms with van der Waals surface area (Å²) in [7, 11) is -3.11. The van der Waals surface area contributed by atoms with Crippen LogP contribution in [0.4, 0.5) is 5.13 Å². The molecule has 0 radical (unpaired) electrons. The van der Waals surface area contributed by atoms with Crippen molar-refractivity contribution < 1.29 is 37.3 Å². The Morgan fingerprint density at radius 1 is 1.26 bits per heavy atom. The third-order valence-electron chi connectivity index (χ3n) is 6.23. The topological polar surface area (TPSA) is 236 Å². The van der Waals surface area contributed by atoms with Crippen LogP contribution in [0.5, 0.6) is 0 Å². The van der Waals surface area contributed by atoms with Crippen LogP contribution in [0.2, 0.25) is 0 Å². The van der Waals surface area contributed by atoms with E-state index in [2.05, 4.69) is 25.7 Å². The Hall–Kier alpha value is -4.46. The lowest BCUT2D eigenvalue weighted by Crippen LogP contribution is -2.73. The van der Waals surface area contributed by atoms with Gasteiger partial charge in [-0.25, -0.2) is 14.1 Å². The number of anilines is 1. The highest BCUT2D eigenvalue weighted by Gasteiger charge is 2.54. The van der Waals surface area contributed by atoms with Gasteiger partial charge in [-0.2, -0.15) is 23.4 Å². The van der Waals surface area contributed by atoms with Crippen molar-refractivity contribution >= 4 is 50.3 Å². The summed E-state index contributed by atoms with van der Waals surface area (Å²) in [5.41, 5.74) is 4.89. The number of carbonyl (C=O) groups is 3. The minimum Gasteiger partial charge on any atom is -0.478 e. The van der Waals surface area contributed by atoms with E-state index in [9.17, 15) is 32.5 Å². The maximum absolute atomic E-state index is 13.2. The lowest BCUT2D eigenvalue weighted by molar-refractivity contribution is -0.161. The standard InChI is InChI=1S/C24H29N9O8S2/c1-24(2,22(36)37)41-30-18(16-13-42-23(25)27-16)20(34)28-19-17(33(21(19)35)43(38,39)40)12-32-26-9-15(29-32)11-31(3)10-14-7-5-4-6-8-14/h4-9,13,17,19H,10-12H2,1-3H3,(H2,25,27)(H,28,34)(H,36,37)(H,38,39,40). The molecular formula is C24H29N9O8S2. The summed E-state index contributed by atoms with van der Waals surface area (Å²) < 4.78 is 33.9. The van der Waals surface area contributed by atoms with E-state index in [1.165, 1.54) is 25.4 Å². The highest BCUT2D eigenvalue weighted by Crippen LogP contribution is 2.25. The predicted molar refractivity (Wildman–Crippen MR) is 152 cm³/mol. The molecule has 3 aromatic rings. The highest BCUT2D eigenvalue weighted by molar-refractivity contribution is 7.84. The Morgan fingerprint density at radius 3 is 2.56 bits per heavy atom. The fourth-order valence-corrected chi connectivity index (χ4v) is 5.46. The van der Waals surface area contributed by atoms with E-state index in [1.807, 2.05) is 42.3 Å². The SMILES string of the molecule is CN(Cc1ccccc1)Cc1cnn(CC2C(NC(=O)C(=NOC(C)(C)C(=O)O)c3csc(N)n3)C(=O)N2S(=O)(=O)O)n1. The lowest BCUT2D eigenvalue weighted by atomic mass is 9.98. The highest BCUT2D eigenvalue weighted by atomic mass is 32.2. The first-order valence-electron chi connectivity index (χ1n) is 12.6. The second kappa shape index (κ2) is 12.4. The molecule has 2 aromatic heterocycles. The van der Waals surface area contributed by atoms with E-state index in [0.717, 1.165) is 21.7 Å². The summed E-state index contributed by atoms with van der Waals surface area (Å²) in [6.07, 6.45) is 1.48. The van der Waals surface area contributed by atoms with Crippen LogP contribution < -0.4 is 11.1 Å². The van der Waals surface area contributed by atoms with Gasteiger partial charge in [0.15, 0.2) is 10.8 Å². The number of thiazole rings is 1. The Labute approximate surface area is 249 Å². The molecule has 2 atom stereocenters. The molecular weight excluding hydrogens is 606 g/mol. The number of carboxylic acids is 1. The van der Waals surface area contributed by atoms with Crippen LogP contribution in [0.25, 0.3) is 0 Å². The molecule has 230 valence electrons. The van der Waals surface area contributed by atoms with E-state index in [1.54, 1.807) is 0 Å². The van der Waals surface area contributed by atoms with Gasteiger partial charge >= 0.3 is 16.3 Å². The summed E-state index contributed by atoms with van der Waals surface area (Å²) in [5.74, 6) is -3.54. The van der Waals surface area contributed by atoms with Crippen LogP contribution in [0.3, 0.4) is 0 Å². The minimum absolute atomic E-state index is 0.0677. The zero-order chi connectivity index (χ0) is 31.5. The average Bonchev–Trinajstić information content (AvgIpc) is 3.55. The predicted octanol–water partition coefficient (Wildman–Crippen LogP) is -0.269. The smallest absolute Gasteiger partial charge is 0.362 e. The number of amides is 2. The summed E-state index contributed by atoms with van der Waals surface area (Å²) in [6.45, 7) is 3.13. The van der Waals surface area contributed by atoms with Crippen LogP contribution in [0, 0.1) is 0 Å². The first-order valence-corrected chi connectivity index (χ1v) is 14.9. The fraction of sp³-hybridized carbons (Fsp3) is 0.375. The molecule has 5 N–H and O–H groups in total. The van der Waals surface area contributed by atoms with Crippen LogP contribution in [0.15, 0.2) is 47.1 Å². The summed E-state index contributed by atoms with van der Waals surface area (Å²) >= 11 is 0.965. The Balaban J connectivity index is 1.51. The zero-order valence-corrected chi connectivity index (χ0v) is 24.8. The monoisotopic (exact) mass is 635 g/mol. The van der Waals surface area contributed by atoms with Crippen molar-refractivity contribution in [2.75, 3.05) is 12.8 Å². The van der Waals surface area contributed by atoms with Gasteiger partial charge in [-0.1, -0.05) is 35.5 Å². The van der Waals surface area contributed by atoms with Gasteiger partial charge in [0.25, 0.3) is 11.8 Å². The van der Waals surface area contributed by atoms with Crippen LogP contribution in [0.1, 0.15) is 30.8 Å². The Kier molecular flexibility index (Phi) is 9.09. The van der Waals surface area contributed by atoms with Gasteiger partial charge in [0.1, 0.15) is 17.8 Å². The molecule has 4 rings (SSSR count). The number of carbonyl (C=O) groups excluding carboxylic acids is 2. The number of aliphatic carboxylic acids is 1. The molecule has 17 nitrogen and oxygen atoms in total. The van der Waals surface area contributed by atoms with Crippen molar-refractivity contribution in [2.45, 2.75) is 51.2 Å². The maximum Gasteiger partial charge on any atom is 0.362 e. The third kappa shape index (κ3) is 7.49. The molecule has 1 aliphatic heterocycles. The van der Waals surface area contributed by atoms with Gasteiger partial charge < -0.3 is 21.0 Å². The van der Waals surface area contributed by atoms with Crippen molar-refractivity contribution in [1.29, 1.82) is 0 Å². The Bertz CT molecular complexity index is 1640. The normalized spacial score (nSPS) is 17.6. The van der Waals surface area contributed by atoms with E-state index < -0.39 is 51.5 Å². The summed E-state index contributed by atoms with van der Waals surface area (Å²) in [6, 6.07) is 6.98. The number of carboxylic acid groups (broad SMARTS) is 1. The molecule has 0 bridgehead atoms. The third-order valence-corrected chi connectivity index (χ3v) is 7.85. The number of aromatic nitrogens is 4. The van der Waals surface area contributed by atoms with Gasteiger partial charge in [0, 0.05) is 18.5 Å². The molecule has 1 aromatic carbocycles. The summed E-state index contributed by atoms with van der Waals surface area (Å²) in [5, 5.41) is 25.2. The van der Waals surface area contributed by atoms with Gasteiger partial charge in [-0.05, 0) is 26.5 Å². The van der Waals surface area contributed by atoms with E-state index >= 15 is 0 Å². The van der Waals surface area contributed by atoms with Crippen molar-refractivity contribution in [3.63, 3.8) is 0 Å². The van der Waals surface area contributed by atoms with Crippen LogP contribution in [-0.2, 0) is 49.2 Å². The molecule has 43 heavy (non-hydrogen) atoms. The van der Waals surface area contributed by atoms with E-state index in [-0.39, 0.29) is 21.7 Å². The number of nitrogens with one attached hydrogen (secondary N) is 1. The van der Waals surface area contributed by atoms with Gasteiger partial charge in [0.05, 0.1) is 18.4 Å². The van der Waals surface area contributed by atoms with Gasteiger partial charge in [-0.15, -0.1) is 11.3 Å². The molecule has 0 spiro atoms. The number of hydrogen-bond acceptors (Lipinski definition) is 13. The molecule has 3 heterocycles. The number of oxime groups is 1. The number of nitrogen functional groups attached to an aromatic ring is 1. The minimum atomic E-state index is -5.00. The number of β-lactam (4-membered cyclic amide) rings is 1. The molecule has 0 saturated carbocycles. The first-order chi connectivity index (χ1) is 20.2. The largest absolute Gasteiger partial charge is 0.478 e. The van der Waals surface area contributed by atoms with E-state index in [0.29, 0.717) is 18.8 Å². The lowest BCUT2D eigenvalue weighted by Gasteiger charge is -2.43. The molecule has 2 amide bonds. The van der Waals surface area contributed by atoms with E-state index in [4.69, 9.17) is 10.6 Å². The average molecular weight is 636 g/mol. The van der Waals surface area contributed by atoms with Crippen LogP contribution >= 0.6 is 11.3 Å². The molecule has 0 aliphatic carbocycles.